The van der Waals surface area contributed by atoms with Crippen LogP contribution in [0, 0.1) is 0 Å². The van der Waals surface area contributed by atoms with Crippen molar-refractivity contribution in [1.82, 2.24) is 14.8 Å². The summed E-state index contributed by atoms with van der Waals surface area (Å²) in [6, 6.07) is 12.7. The molecule has 0 saturated heterocycles. The summed E-state index contributed by atoms with van der Waals surface area (Å²) in [4.78, 5) is 39.5. The lowest BCUT2D eigenvalue weighted by Crippen LogP contribution is -2.21. The van der Waals surface area contributed by atoms with Gasteiger partial charge >= 0.3 is 11.9 Å². The topological polar surface area (TPSA) is 112 Å². The van der Waals surface area contributed by atoms with Crippen molar-refractivity contribution in [2.24, 2.45) is 0 Å². The lowest BCUT2D eigenvalue weighted by Gasteiger charge is -2.08. The van der Waals surface area contributed by atoms with Gasteiger partial charge in [-0.25, -0.2) is 19.3 Å². The number of carbonyl (C=O) groups excluding carboxylic acids is 3. The number of nitrogens with one attached hydrogen (secondary N) is 1. The number of aromatic nitrogens is 3. The Bertz CT molecular complexity index is 983. The highest BCUT2D eigenvalue weighted by atomic mass is 16.5. The molecule has 0 radical (unpaired) electrons. The summed E-state index contributed by atoms with van der Waals surface area (Å²) < 4.78 is 11.5. The molecule has 1 amide bonds. The normalized spacial score (nSPS) is 10.2. The summed E-state index contributed by atoms with van der Waals surface area (Å²) >= 11 is 0. The van der Waals surface area contributed by atoms with Gasteiger partial charge in [-0.3, -0.25) is 4.79 Å². The highest BCUT2D eigenvalue weighted by Gasteiger charge is 2.12. The predicted octanol–water partition coefficient (Wildman–Crippen LogP) is 2.24. The molecule has 1 aromatic heterocycles. The van der Waals surface area contributed by atoms with Crippen LogP contribution in [0.1, 0.15) is 27.6 Å². The van der Waals surface area contributed by atoms with E-state index >= 15 is 0 Å². The first-order valence-electron chi connectivity index (χ1n) is 8.76. The third-order valence-electron chi connectivity index (χ3n) is 3.80. The largest absolute Gasteiger partial charge is 0.462 e. The van der Waals surface area contributed by atoms with E-state index in [1.54, 1.807) is 48.0 Å². The van der Waals surface area contributed by atoms with Crippen molar-refractivity contribution >= 4 is 23.5 Å². The summed E-state index contributed by atoms with van der Waals surface area (Å²) in [6.07, 6.45) is 2.95. The Balaban J connectivity index is 1.50. The number of anilines is 1. The molecule has 0 aliphatic carbocycles. The van der Waals surface area contributed by atoms with Gasteiger partial charge < -0.3 is 14.8 Å². The number of nitrogens with zero attached hydrogens (tertiary/aromatic N) is 3. The fraction of sp³-hybridized carbons (Fsp3) is 0.150. The average Bonchev–Trinajstić information content (AvgIpc) is 3.28. The number of benzene rings is 2. The lowest BCUT2D eigenvalue weighted by atomic mass is 10.2. The quantitative estimate of drug-likeness (QED) is 0.612. The molecule has 0 bridgehead atoms. The highest BCUT2D eigenvalue weighted by Crippen LogP contribution is 2.12. The van der Waals surface area contributed by atoms with E-state index in [1.807, 2.05) is 0 Å². The number of esters is 2. The molecule has 0 spiro atoms. The van der Waals surface area contributed by atoms with E-state index < -0.39 is 24.5 Å². The minimum absolute atomic E-state index is 0.284. The van der Waals surface area contributed by atoms with E-state index in [0.29, 0.717) is 16.8 Å². The second-order valence-electron chi connectivity index (χ2n) is 5.81. The van der Waals surface area contributed by atoms with E-state index in [-0.39, 0.29) is 6.61 Å². The van der Waals surface area contributed by atoms with Gasteiger partial charge in [0.05, 0.1) is 23.4 Å². The minimum Gasteiger partial charge on any atom is -0.462 e. The van der Waals surface area contributed by atoms with Gasteiger partial charge in [-0.15, -0.1) is 0 Å². The van der Waals surface area contributed by atoms with Gasteiger partial charge in [0.2, 0.25) is 0 Å². The molecule has 9 nitrogen and oxygen atoms in total. The van der Waals surface area contributed by atoms with E-state index in [9.17, 15) is 14.4 Å². The van der Waals surface area contributed by atoms with E-state index in [1.165, 1.54) is 24.8 Å². The molecular weight excluding hydrogens is 376 g/mol. The first-order chi connectivity index (χ1) is 14.1. The molecule has 148 valence electrons. The Kier molecular flexibility index (Phi) is 6.31. The third kappa shape index (κ3) is 5.25. The molecule has 0 aliphatic rings. The van der Waals surface area contributed by atoms with Crippen molar-refractivity contribution in [3.05, 3.63) is 72.3 Å². The van der Waals surface area contributed by atoms with Crippen molar-refractivity contribution in [2.45, 2.75) is 6.92 Å². The molecule has 3 aromatic rings. The Morgan fingerprint density at radius 2 is 1.55 bits per heavy atom. The Morgan fingerprint density at radius 3 is 2.14 bits per heavy atom. The SMILES string of the molecule is CCOC(=O)c1ccc(NC(=O)COC(=O)c2ccc(-n3cncn3)cc2)cc1. The summed E-state index contributed by atoms with van der Waals surface area (Å²) in [5.74, 6) is -1.56. The Hall–Kier alpha value is -4.01. The molecule has 9 heteroatoms. The van der Waals surface area contributed by atoms with Gasteiger partial charge in [-0.1, -0.05) is 0 Å². The summed E-state index contributed by atoms with van der Waals surface area (Å²) in [5.41, 5.74) is 1.89. The number of amides is 1. The van der Waals surface area contributed by atoms with Crippen LogP contribution in [-0.2, 0) is 14.3 Å². The van der Waals surface area contributed by atoms with Crippen LogP contribution < -0.4 is 5.32 Å². The first-order valence-corrected chi connectivity index (χ1v) is 8.76. The maximum absolute atomic E-state index is 12.1. The molecule has 1 heterocycles. The number of hydrogen-bond donors (Lipinski definition) is 1. The highest BCUT2D eigenvalue weighted by molar-refractivity contribution is 5.96. The van der Waals surface area contributed by atoms with E-state index in [4.69, 9.17) is 9.47 Å². The zero-order valence-electron chi connectivity index (χ0n) is 15.6. The predicted molar refractivity (Wildman–Crippen MR) is 103 cm³/mol. The fourth-order valence-corrected chi connectivity index (χ4v) is 2.41. The molecule has 3 rings (SSSR count). The van der Waals surface area contributed by atoms with Crippen LogP contribution in [0.5, 0.6) is 0 Å². The number of ether oxygens (including phenoxy) is 2. The zero-order valence-corrected chi connectivity index (χ0v) is 15.6. The number of rotatable bonds is 7. The molecule has 0 aliphatic heterocycles. The maximum Gasteiger partial charge on any atom is 0.338 e. The van der Waals surface area contributed by atoms with Gasteiger partial charge in [0.15, 0.2) is 6.61 Å². The van der Waals surface area contributed by atoms with Crippen LogP contribution >= 0.6 is 0 Å². The Morgan fingerprint density at radius 1 is 0.931 bits per heavy atom. The van der Waals surface area contributed by atoms with E-state index in [2.05, 4.69) is 15.4 Å². The summed E-state index contributed by atoms with van der Waals surface area (Å²) in [6.45, 7) is 1.56. The van der Waals surface area contributed by atoms with Gasteiger partial charge in [0, 0.05) is 5.69 Å². The molecule has 0 fully saturated rings. The second kappa shape index (κ2) is 9.27. The molecule has 1 N–H and O–H groups in total. The summed E-state index contributed by atoms with van der Waals surface area (Å²) in [7, 11) is 0. The van der Waals surface area contributed by atoms with Crippen molar-refractivity contribution < 1.29 is 23.9 Å². The third-order valence-corrected chi connectivity index (χ3v) is 3.80. The second-order valence-corrected chi connectivity index (χ2v) is 5.81. The number of carbonyl (C=O) groups is 3. The van der Waals surface area contributed by atoms with Crippen LogP contribution in [0.15, 0.2) is 61.2 Å². The maximum atomic E-state index is 12.1. The van der Waals surface area contributed by atoms with Gasteiger partial charge in [0.25, 0.3) is 5.91 Å². The summed E-state index contributed by atoms with van der Waals surface area (Å²) in [5, 5.41) is 6.58. The van der Waals surface area contributed by atoms with Gasteiger partial charge in [-0.2, -0.15) is 5.10 Å². The molecule has 0 saturated carbocycles. The van der Waals surface area contributed by atoms with Crippen LogP contribution in [0.3, 0.4) is 0 Å². The Labute approximate surface area is 166 Å². The van der Waals surface area contributed by atoms with Crippen molar-refractivity contribution in [3.63, 3.8) is 0 Å². The van der Waals surface area contributed by atoms with E-state index in [0.717, 1.165) is 5.69 Å². The fourth-order valence-electron chi connectivity index (χ4n) is 2.41. The monoisotopic (exact) mass is 394 g/mol. The number of hydrogen-bond acceptors (Lipinski definition) is 7. The van der Waals surface area contributed by atoms with Crippen molar-refractivity contribution in [1.29, 1.82) is 0 Å². The standard InChI is InChI=1S/C20H18N4O5/c1-2-28-19(26)14-3-7-16(8-4-14)23-18(25)11-29-20(27)15-5-9-17(10-6-15)24-13-21-12-22-24/h3-10,12-13H,2,11H2,1H3,(H,23,25). The van der Waals surface area contributed by atoms with Crippen LogP contribution in [-0.4, -0.2) is 45.8 Å². The zero-order chi connectivity index (χ0) is 20.6. The van der Waals surface area contributed by atoms with Crippen LogP contribution in [0.4, 0.5) is 5.69 Å². The minimum atomic E-state index is -0.622. The smallest absolute Gasteiger partial charge is 0.338 e. The van der Waals surface area contributed by atoms with Gasteiger partial charge in [-0.05, 0) is 55.5 Å². The first kappa shape index (κ1) is 19.7. The molecule has 2 aromatic carbocycles. The average molecular weight is 394 g/mol. The van der Waals surface area contributed by atoms with Crippen LogP contribution in [0.25, 0.3) is 5.69 Å². The van der Waals surface area contributed by atoms with Gasteiger partial charge in [0.1, 0.15) is 12.7 Å². The molecule has 0 unspecified atom stereocenters. The molecule has 29 heavy (non-hydrogen) atoms. The lowest BCUT2D eigenvalue weighted by molar-refractivity contribution is -0.119. The van der Waals surface area contributed by atoms with Crippen molar-refractivity contribution in [2.75, 3.05) is 18.5 Å². The van der Waals surface area contributed by atoms with Crippen molar-refractivity contribution in [3.8, 4) is 5.69 Å². The molecule has 0 atom stereocenters. The van der Waals surface area contributed by atoms with Crippen LogP contribution in [0.2, 0.25) is 0 Å². The molecular formula is C20H18N4O5.